The van der Waals surface area contributed by atoms with E-state index in [1.807, 2.05) is 11.3 Å². The van der Waals surface area contributed by atoms with E-state index in [2.05, 4.69) is 19.2 Å². The van der Waals surface area contributed by atoms with Gasteiger partial charge in [-0.1, -0.05) is 13.8 Å². The van der Waals surface area contributed by atoms with Gasteiger partial charge in [-0.3, -0.25) is 0 Å². The molecular weight excluding hydrogens is 276 g/mol. The Bertz CT molecular complexity index is 501. The van der Waals surface area contributed by atoms with Crippen LogP contribution in [-0.2, 0) is 6.54 Å². The van der Waals surface area contributed by atoms with Gasteiger partial charge >= 0.3 is 0 Å². The minimum atomic E-state index is 0.559. The third kappa shape index (κ3) is 3.34. The van der Waals surface area contributed by atoms with Crippen molar-refractivity contribution in [3.63, 3.8) is 0 Å². The minimum absolute atomic E-state index is 0.559. The molecule has 116 valence electrons. The number of hydrogen-bond acceptors (Lipinski definition) is 3. The Hall–Kier alpha value is -0.410. The average molecular weight is 305 g/mol. The Labute approximate surface area is 132 Å². The molecule has 0 atom stereocenters. The van der Waals surface area contributed by atoms with E-state index in [0.717, 1.165) is 24.4 Å². The van der Waals surface area contributed by atoms with Crippen molar-refractivity contribution in [3.8, 4) is 0 Å². The zero-order chi connectivity index (χ0) is 14.4. The van der Waals surface area contributed by atoms with Crippen LogP contribution in [0.4, 0.5) is 0 Å². The topological polar surface area (TPSA) is 24.9 Å². The monoisotopic (exact) mass is 304 g/mol. The molecule has 21 heavy (non-hydrogen) atoms. The predicted molar refractivity (Wildman–Crippen MR) is 88.9 cm³/mol. The molecule has 3 saturated carbocycles. The van der Waals surface area contributed by atoms with Crippen LogP contribution in [0, 0.1) is 5.41 Å². The molecule has 2 nitrogen and oxygen atoms in total. The van der Waals surface area contributed by atoms with Gasteiger partial charge in [0, 0.05) is 29.3 Å². The van der Waals surface area contributed by atoms with E-state index >= 15 is 0 Å². The van der Waals surface area contributed by atoms with E-state index in [-0.39, 0.29) is 0 Å². The summed E-state index contributed by atoms with van der Waals surface area (Å²) in [7, 11) is 0. The minimum Gasteiger partial charge on any atom is -0.309 e. The van der Waals surface area contributed by atoms with E-state index in [9.17, 15) is 0 Å². The summed E-state index contributed by atoms with van der Waals surface area (Å²) < 4.78 is 0. The van der Waals surface area contributed by atoms with Gasteiger partial charge in [0.2, 0.25) is 0 Å². The molecule has 0 aromatic carbocycles. The second-order valence-electron chi connectivity index (χ2n) is 8.23. The molecule has 1 N–H and O–H groups in total. The standard InChI is InChI=1S/C18H28N2S/c1-18(2)9-7-13(8-10-18)17-20-16(12-3-4-12)15(21-17)11-19-14-5-6-14/h12-14,19H,3-11H2,1-2H3. The zero-order valence-electron chi connectivity index (χ0n) is 13.5. The molecule has 0 unspecified atom stereocenters. The van der Waals surface area contributed by atoms with Crippen molar-refractivity contribution < 1.29 is 0 Å². The first kappa shape index (κ1) is 14.2. The van der Waals surface area contributed by atoms with Crippen LogP contribution in [-0.4, -0.2) is 11.0 Å². The largest absolute Gasteiger partial charge is 0.309 e. The highest BCUT2D eigenvalue weighted by Gasteiger charge is 2.34. The van der Waals surface area contributed by atoms with E-state index in [1.165, 1.54) is 62.1 Å². The number of nitrogens with zero attached hydrogens (tertiary/aromatic N) is 1. The van der Waals surface area contributed by atoms with Crippen molar-refractivity contribution in [2.24, 2.45) is 5.41 Å². The third-order valence-corrected chi connectivity index (χ3v) is 6.76. The first-order valence-corrected chi connectivity index (χ1v) is 9.65. The molecule has 3 aliphatic rings. The Morgan fingerprint density at radius 2 is 1.76 bits per heavy atom. The number of nitrogens with one attached hydrogen (secondary N) is 1. The summed E-state index contributed by atoms with van der Waals surface area (Å²) in [6.45, 7) is 5.92. The Morgan fingerprint density at radius 1 is 1.05 bits per heavy atom. The molecule has 1 aromatic rings. The lowest BCUT2D eigenvalue weighted by Crippen LogP contribution is -2.20. The van der Waals surface area contributed by atoms with E-state index in [1.54, 1.807) is 4.88 Å². The quantitative estimate of drug-likeness (QED) is 0.832. The highest BCUT2D eigenvalue weighted by Crippen LogP contribution is 2.47. The van der Waals surface area contributed by atoms with Gasteiger partial charge in [-0.25, -0.2) is 4.98 Å². The van der Waals surface area contributed by atoms with Gasteiger partial charge in [0.1, 0.15) is 0 Å². The fourth-order valence-corrected chi connectivity index (χ4v) is 4.80. The first-order valence-electron chi connectivity index (χ1n) is 8.84. The molecule has 0 saturated heterocycles. The van der Waals surface area contributed by atoms with Gasteiger partial charge in [-0.2, -0.15) is 0 Å². The lowest BCUT2D eigenvalue weighted by Gasteiger charge is -2.33. The fraction of sp³-hybridized carbons (Fsp3) is 0.833. The molecule has 0 amide bonds. The first-order chi connectivity index (χ1) is 10.1. The Balaban J connectivity index is 1.48. The van der Waals surface area contributed by atoms with Crippen LogP contribution in [0.15, 0.2) is 0 Å². The molecule has 3 heteroatoms. The second kappa shape index (κ2) is 5.34. The Morgan fingerprint density at radius 3 is 2.38 bits per heavy atom. The molecule has 0 aliphatic heterocycles. The smallest absolute Gasteiger partial charge is 0.0962 e. The van der Waals surface area contributed by atoms with Gasteiger partial charge < -0.3 is 5.32 Å². The van der Waals surface area contributed by atoms with Crippen LogP contribution in [0.3, 0.4) is 0 Å². The number of aromatic nitrogens is 1. The Kier molecular flexibility index (Phi) is 3.61. The third-order valence-electron chi connectivity index (χ3n) is 5.53. The molecule has 0 radical (unpaired) electrons. The van der Waals surface area contributed by atoms with Crippen molar-refractivity contribution in [3.05, 3.63) is 15.6 Å². The van der Waals surface area contributed by atoms with Crippen LogP contribution < -0.4 is 5.32 Å². The summed E-state index contributed by atoms with van der Waals surface area (Å²) in [6, 6.07) is 0.804. The molecular formula is C18H28N2S. The maximum Gasteiger partial charge on any atom is 0.0962 e. The van der Waals surface area contributed by atoms with Crippen molar-refractivity contribution in [2.45, 2.75) is 89.6 Å². The van der Waals surface area contributed by atoms with Crippen LogP contribution in [0.25, 0.3) is 0 Å². The zero-order valence-corrected chi connectivity index (χ0v) is 14.3. The van der Waals surface area contributed by atoms with Crippen LogP contribution in [0.2, 0.25) is 0 Å². The second-order valence-corrected chi connectivity index (χ2v) is 9.34. The van der Waals surface area contributed by atoms with E-state index in [4.69, 9.17) is 4.98 Å². The van der Waals surface area contributed by atoms with Gasteiger partial charge in [0.15, 0.2) is 0 Å². The molecule has 1 aromatic heterocycles. The number of thiazole rings is 1. The van der Waals surface area contributed by atoms with Crippen molar-refractivity contribution >= 4 is 11.3 Å². The lowest BCUT2D eigenvalue weighted by molar-refractivity contribution is 0.224. The summed E-state index contributed by atoms with van der Waals surface area (Å²) in [5, 5.41) is 5.15. The van der Waals surface area contributed by atoms with Gasteiger partial charge in [0.25, 0.3) is 0 Å². The number of hydrogen-bond donors (Lipinski definition) is 1. The van der Waals surface area contributed by atoms with Crippen molar-refractivity contribution in [2.75, 3.05) is 0 Å². The fourth-order valence-electron chi connectivity index (χ4n) is 3.53. The molecule has 0 bridgehead atoms. The number of rotatable bonds is 5. The van der Waals surface area contributed by atoms with Crippen LogP contribution >= 0.6 is 11.3 Å². The maximum absolute atomic E-state index is 5.12. The highest BCUT2D eigenvalue weighted by molar-refractivity contribution is 7.11. The SMILES string of the molecule is CC1(C)CCC(c2nc(C3CC3)c(CNC3CC3)s2)CC1. The average Bonchev–Trinajstić information content (AvgIpc) is 3.36. The molecule has 0 spiro atoms. The molecule has 3 fully saturated rings. The molecule has 1 heterocycles. The lowest BCUT2D eigenvalue weighted by atomic mass is 9.73. The summed E-state index contributed by atoms with van der Waals surface area (Å²) in [5.41, 5.74) is 2.02. The van der Waals surface area contributed by atoms with Crippen LogP contribution in [0.5, 0.6) is 0 Å². The summed E-state index contributed by atoms with van der Waals surface area (Å²) in [5.74, 6) is 1.54. The summed E-state index contributed by atoms with van der Waals surface area (Å²) >= 11 is 2.03. The van der Waals surface area contributed by atoms with Gasteiger partial charge in [-0.05, 0) is 56.8 Å². The summed E-state index contributed by atoms with van der Waals surface area (Å²) in [6.07, 6.45) is 10.9. The van der Waals surface area contributed by atoms with Crippen LogP contribution in [0.1, 0.15) is 92.6 Å². The van der Waals surface area contributed by atoms with Gasteiger partial charge in [-0.15, -0.1) is 11.3 Å². The maximum atomic E-state index is 5.12. The summed E-state index contributed by atoms with van der Waals surface area (Å²) in [4.78, 5) is 6.68. The highest BCUT2D eigenvalue weighted by atomic mass is 32.1. The molecule has 3 aliphatic carbocycles. The normalized spacial score (nSPS) is 26.2. The van der Waals surface area contributed by atoms with Gasteiger partial charge in [0.05, 0.1) is 10.7 Å². The predicted octanol–water partition coefficient (Wildman–Crippen LogP) is 4.96. The van der Waals surface area contributed by atoms with E-state index in [0.29, 0.717) is 5.41 Å². The molecule has 4 rings (SSSR count). The van der Waals surface area contributed by atoms with Crippen molar-refractivity contribution in [1.82, 2.24) is 10.3 Å². The van der Waals surface area contributed by atoms with E-state index < -0.39 is 0 Å². The van der Waals surface area contributed by atoms with Crippen molar-refractivity contribution in [1.29, 1.82) is 0 Å².